The molecular formula is C11H14Br2N2O. The summed E-state index contributed by atoms with van der Waals surface area (Å²) in [5.74, 6) is 0. The van der Waals surface area contributed by atoms with Gasteiger partial charge >= 0.3 is 6.03 Å². The number of amides is 2. The Morgan fingerprint density at radius 2 is 2.12 bits per heavy atom. The van der Waals surface area contributed by atoms with Crippen molar-refractivity contribution in [2.45, 2.75) is 26.3 Å². The Bertz CT molecular complexity index is 382. The molecule has 0 aliphatic rings. The van der Waals surface area contributed by atoms with Gasteiger partial charge in [0, 0.05) is 15.0 Å². The van der Waals surface area contributed by atoms with Crippen LogP contribution >= 0.6 is 31.9 Å². The molecule has 1 unspecified atom stereocenters. The second-order valence-corrected chi connectivity index (χ2v) is 5.30. The smallest absolute Gasteiger partial charge is 0.319 e. The molecule has 1 aromatic rings. The predicted octanol–water partition coefficient (Wildman–Crippen LogP) is 4.13. The quantitative estimate of drug-likeness (QED) is 0.846. The molecule has 5 heteroatoms. The zero-order valence-corrected chi connectivity index (χ0v) is 12.4. The summed E-state index contributed by atoms with van der Waals surface area (Å²) in [6.07, 6.45) is 0.912. The number of carbonyl (C=O) groups excluding carboxylic acids is 1. The van der Waals surface area contributed by atoms with Gasteiger partial charge in [0.2, 0.25) is 0 Å². The molecule has 0 aliphatic carbocycles. The van der Waals surface area contributed by atoms with Crippen molar-refractivity contribution in [1.82, 2.24) is 5.32 Å². The van der Waals surface area contributed by atoms with E-state index in [2.05, 4.69) is 42.5 Å². The molecule has 88 valence electrons. The van der Waals surface area contributed by atoms with Gasteiger partial charge in [-0.3, -0.25) is 0 Å². The fourth-order valence-corrected chi connectivity index (χ4v) is 2.22. The van der Waals surface area contributed by atoms with Crippen LogP contribution < -0.4 is 10.6 Å². The lowest BCUT2D eigenvalue weighted by Crippen LogP contribution is -2.35. The minimum absolute atomic E-state index is 0.175. The molecule has 0 bridgehead atoms. The standard InChI is InChI=1S/C11H14Br2N2O/c1-3-7(2)14-11(16)15-10-5-4-8(12)6-9(10)13/h4-7H,3H2,1-2H3,(H2,14,15,16). The molecule has 2 N–H and O–H groups in total. The first-order valence-corrected chi connectivity index (χ1v) is 6.64. The normalized spacial score (nSPS) is 12.0. The van der Waals surface area contributed by atoms with Gasteiger partial charge in [-0.2, -0.15) is 0 Å². The van der Waals surface area contributed by atoms with Crippen molar-refractivity contribution in [3.63, 3.8) is 0 Å². The Hall–Kier alpha value is -0.550. The summed E-state index contributed by atoms with van der Waals surface area (Å²) in [6.45, 7) is 4.00. The molecule has 0 saturated heterocycles. The molecule has 3 nitrogen and oxygen atoms in total. The van der Waals surface area contributed by atoms with Crippen molar-refractivity contribution in [2.24, 2.45) is 0 Å². The zero-order chi connectivity index (χ0) is 12.1. The Labute approximate surface area is 112 Å². The van der Waals surface area contributed by atoms with Crippen molar-refractivity contribution in [1.29, 1.82) is 0 Å². The number of nitrogens with one attached hydrogen (secondary N) is 2. The van der Waals surface area contributed by atoms with Crippen LogP contribution in [0.25, 0.3) is 0 Å². The van der Waals surface area contributed by atoms with Crippen molar-refractivity contribution in [3.05, 3.63) is 27.1 Å². The highest BCUT2D eigenvalue weighted by Crippen LogP contribution is 2.25. The van der Waals surface area contributed by atoms with E-state index in [-0.39, 0.29) is 12.1 Å². The SMILES string of the molecule is CCC(C)NC(=O)Nc1ccc(Br)cc1Br. The fraction of sp³-hybridized carbons (Fsp3) is 0.364. The van der Waals surface area contributed by atoms with Crippen LogP contribution in [0.1, 0.15) is 20.3 Å². The maximum absolute atomic E-state index is 11.6. The predicted molar refractivity (Wildman–Crippen MR) is 73.7 cm³/mol. The monoisotopic (exact) mass is 348 g/mol. The molecule has 0 spiro atoms. The van der Waals surface area contributed by atoms with E-state index in [4.69, 9.17) is 0 Å². The first-order valence-electron chi connectivity index (χ1n) is 5.05. The summed E-state index contributed by atoms with van der Waals surface area (Å²) in [6, 6.07) is 5.60. The number of benzene rings is 1. The summed E-state index contributed by atoms with van der Waals surface area (Å²) < 4.78 is 1.81. The molecule has 0 radical (unpaired) electrons. The number of anilines is 1. The summed E-state index contributed by atoms with van der Waals surface area (Å²) in [4.78, 5) is 11.6. The van der Waals surface area contributed by atoms with E-state index < -0.39 is 0 Å². The lowest BCUT2D eigenvalue weighted by Gasteiger charge is -2.13. The van der Waals surface area contributed by atoms with Crippen molar-refractivity contribution in [2.75, 3.05) is 5.32 Å². The number of halogens is 2. The van der Waals surface area contributed by atoms with Gasteiger partial charge in [-0.1, -0.05) is 22.9 Å². The van der Waals surface area contributed by atoms with E-state index in [1.54, 1.807) is 0 Å². The van der Waals surface area contributed by atoms with E-state index in [0.717, 1.165) is 21.1 Å². The Kier molecular flexibility index (Phi) is 5.28. The number of rotatable bonds is 3. The molecule has 2 amide bonds. The molecule has 0 heterocycles. The minimum atomic E-state index is -0.183. The Morgan fingerprint density at radius 1 is 1.44 bits per heavy atom. The third-order valence-corrected chi connectivity index (χ3v) is 3.32. The van der Waals surface area contributed by atoms with Crippen molar-refractivity contribution in [3.8, 4) is 0 Å². The van der Waals surface area contributed by atoms with Crippen LogP contribution in [0.4, 0.5) is 10.5 Å². The number of hydrogen-bond acceptors (Lipinski definition) is 1. The first-order chi connectivity index (χ1) is 7.52. The summed E-state index contributed by atoms with van der Waals surface area (Å²) in [5, 5.41) is 5.62. The van der Waals surface area contributed by atoms with Crippen LogP contribution in [0.2, 0.25) is 0 Å². The fourth-order valence-electron chi connectivity index (χ4n) is 1.08. The van der Waals surface area contributed by atoms with Gasteiger partial charge in [-0.15, -0.1) is 0 Å². The molecule has 0 aliphatic heterocycles. The third-order valence-electron chi connectivity index (χ3n) is 2.17. The highest BCUT2D eigenvalue weighted by atomic mass is 79.9. The highest BCUT2D eigenvalue weighted by Gasteiger charge is 2.07. The zero-order valence-electron chi connectivity index (χ0n) is 9.18. The topological polar surface area (TPSA) is 41.1 Å². The van der Waals surface area contributed by atoms with Gasteiger partial charge in [0.15, 0.2) is 0 Å². The molecule has 1 rings (SSSR count). The maximum Gasteiger partial charge on any atom is 0.319 e. The lowest BCUT2D eigenvalue weighted by molar-refractivity contribution is 0.249. The average Bonchev–Trinajstić information content (AvgIpc) is 2.22. The largest absolute Gasteiger partial charge is 0.335 e. The van der Waals surface area contributed by atoms with Gasteiger partial charge < -0.3 is 10.6 Å². The molecule has 1 aromatic carbocycles. The lowest BCUT2D eigenvalue weighted by atomic mass is 10.3. The van der Waals surface area contributed by atoms with Crippen molar-refractivity contribution < 1.29 is 4.79 Å². The highest BCUT2D eigenvalue weighted by molar-refractivity contribution is 9.11. The Balaban J connectivity index is 2.63. The van der Waals surface area contributed by atoms with Gasteiger partial charge in [0.1, 0.15) is 0 Å². The van der Waals surface area contributed by atoms with Gasteiger partial charge in [0.25, 0.3) is 0 Å². The number of hydrogen-bond donors (Lipinski definition) is 2. The van der Waals surface area contributed by atoms with E-state index >= 15 is 0 Å². The van der Waals surface area contributed by atoms with Gasteiger partial charge in [-0.25, -0.2) is 4.79 Å². The van der Waals surface area contributed by atoms with Gasteiger partial charge in [-0.05, 0) is 47.5 Å². The molecule has 0 saturated carbocycles. The van der Waals surface area contributed by atoms with Crippen LogP contribution in [-0.2, 0) is 0 Å². The number of urea groups is 1. The summed E-state index contributed by atoms with van der Waals surface area (Å²) in [7, 11) is 0. The van der Waals surface area contributed by atoms with Crippen molar-refractivity contribution >= 4 is 43.6 Å². The van der Waals surface area contributed by atoms with Gasteiger partial charge in [0.05, 0.1) is 5.69 Å². The molecule has 1 atom stereocenters. The maximum atomic E-state index is 11.6. The molecule has 16 heavy (non-hydrogen) atoms. The minimum Gasteiger partial charge on any atom is -0.335 e. The molecule has 0 aromatic heterocycles. The first kappa shape index (κ1) is 13.5. The van der Waals surface area contributed by atoms with E-state index in [1.165, 1.54) is 0 Å². The van der Waals surface area contributed by atoms with E-state index in [9.17, 15) is 4.79 Å². The molecular weight excluding hydrogens is 336 g/mol. The summed E-state index contributed by atoms with van der Waals surface area (Å²) in [5.41, 5.74) is 0.754. The summed E-state index contributed by atoms with van der Waals surface area (Å²) >= 11 is 6.74. The van der Waals surface area contributed by atoms with Crippen LogP contribution in [0.15, 0.2) is 27.1 Å². The van der Waals surface area contributed by atoms with Crippen LogP contribution in [0.3, 0.4) is 0 Å². The van der Waals surface area contributed by atoms with Crippen LogP contribution in [0.5, 0.6) is 0 Å². The van der Waals surface area contributed by atoms with E-state index in [0.29, 0.717) is 0 Å². The number of carbonyl (C=O) groups is 1. The second kappa shape index (κ2) is 6.25. The third kappa shape index (κ3) is 4.14. The Morgan fingerprint density at radius 3 is 2.69 bits per heavy atom. The van der Waals surface area contributed by atoms with E-state index in [1.807, 2.05) is 32.0 Å². The second-order valence-electron chi connectivity index (χ2n) is 3.53. The van der Waals surface area contributed by atoms with Crippen LogP contribution in [-0.4, -0.2) is 12.1 Å². The average molecular weight is 350 g/mol. The van der Waals surface area contributed by atoms with Crippen LogP contribution in [0, 0.1) is 0 Å². The molecule has 0 fully saturated rings.